The summed E-state index contributed by atoms with van der Waals surface area (Å²) >= 11 is 0. The molecule has 0 aliphatic carbocycles. The maximum absolute atomic E-state index is 5.53. The standard InChI is InChI=1S/C24H14/c1-2-16-7-8-19-12-23-14-21-10-17-5-3-4-6-18(17)11-22(21)15-24(23)13-20(19)9-16/h1,3-15H. The molecule has 0 atom stereocenters. The molecule has 0 unspecified atom stereocenters. The zero-order valence-corrected chi connectivity index (χ0v) is 13.1. The molecule has 0 saturated heterocycles. The van der Waals surface area contributed by atoms with E-state index < -0.39 is 0 Å². The van der Waals surface area contributed by atoms with Crippen molar-refractivity contribution in [2.45, 2.75) is 0 Å². The molecule has 0 nitrogen and oxygen atoms in total. The van der Waals surface area contributed by atoms with E-state index >= 15 is 0 Å². The maximum Gasteiger partial charge on any atom is 0.0248 e. The summed E-state index contributed by atoms with van der Waals surface area (Å²) in [7, 11) is 0. The second-order valence-corrected chi connectivity index (χ2v) is 6.30. The van der Waals surface area contributed by atoms with Crippen LogP contribution in [0.25, 0.3) is 43.1 Å². The van der Waals surface area contributed by atoms with Crippen LogP contribution in [0.3, 0.4) is 0 Å². The Morgan fingerprint density at radius 3 is 1.38 bits per heavy atom. The van der Waals surface area contributed by atoms with E-state index in [-0.39, 0.29) is 0 Å². The van der Waals surface area contributed by atoms with E-state index in [1.165, 1.54) is 43.1 Å². The van der Waals surface area contributed by atoms with Gasteiger partial charge in [-0.05, 0) is 91.6 Å². The van der Waals surface area contributed by atoms with Crippen molar-refractivity contribution in [3.05, 3.63) is 84.4 Å². The molecule has 0 aromatic heterocycles. The van der Waals surface area contributed by atoms with Crippen LogP contribution in [0.5, 0.6) is 0 Å². The van der Waals surface area contributed by atoms with Crippen molar-refractivity contribution < 1.29 is 0 Å². The summed E-state index contributed by atoms with van der Waals surface area (Å²) in [6.07, 6.45) is 5.53. The van der Waals surface area contributed by atoms with Crippen LogP contribution in [0.1, 0.15) is 5.56 Å². The highest BCUT2D eigenvalue weighted by molar-refractivity contribution is 6.08. The Morgan fingerprint density at radius 2 is 0.875 bits per heavy atom. The highest BCUT2D eigenvalue weighted by Crippen LogP contribution is 2.30. The fourth-order valence-corrected chi connectivity index (χ4v) is 3.53. The number of terminal acetylenes is 1. The summed E-state index contributed by atoms with van der Waals surface area (Å²) in [5.41, 5.74) is 0.925. The molecule has 0 heteroatoms. The van der Waals surface area contributed by atoms with Gasteiger partial charge in [0.2, 0.25) is 0 Å². The Morgan fingerprint density at radius 1 is 0.458 bits per heavy atom. The average molecular weight is 302 g/mol. The minimum absolute atomic E-state index is 0.925. The molecule has 0 amide bonds. The highest BCUT2D eigenvalue weighted by atomic mass is 14.1. The second-order valence-electron chi connectivity index (χ2n) is 6.30. The summed E-state index contributed by atoms with van der Waals surface area (Å²) in [5.74, 6) is 2.72. The van der Waals surface area contributed by atoms with E-state index in [1.807, 2.05) is 6.07 Å². The third-order valence-corrected chi connectivity index (χ3v) is 4.78. The number of benzene rings is 5. The molecule has 0 heterocycles. The Labute approximate surface area is 140 Å². The van der Waals surface area contributed by atoms with Crippen LogP contribution < -0.4 is 0 Å². The molecule has 5 aromatic rings. The summed E-state index contributed by atoms with van der Waals surface area (Å²) in [6, 6.07) is 28.3. The second kappa shape index (κ2) is 4.85. The normalized spacial score (nSPS) is 11.3. The fourth-order valence-electron chi connectivity index (χ4n) is 3.53. The van der Waals surface area contributed by atoms with Crippen molar-refractivity contribution >= 4 is 43.1 Å². The number of fused-ring (bicyclic) bond motifs is 4. The lowest BCUT2D eigenvalue weighted by molar-refractivity contribution is 1.72. The summed E-state index contributed by atoms with van der Waals surface area (Å²) in [6.45, 7) is 0. The van der Waals surface area contributed by atoms with E-state index in [0.717, 1.165) is 5.56 Å². The quantitative estimate of drug-likeness (QED) is 0.233. The van der Waals surface area contributed by atoms with Gasteiger partial charge in [-0.1, -0.05) is 36.3 Å². The zero-order valence-electron chi connectivity index (χ0n) is 13.1. The largest absolute Gasteiger partial charge is 0.115 e. The van der Waals surface area contributed by atoms with Crippen molar-refractivity contribution in [2.24, 2.45) is 0 Å². The molecule has 0 radical (unpaired) electrons. The van der Waals surface area contributed by atoms with Gasteiger partial charge in [0, 0.05) is 5.56 Å². The lowest BCUT2D eigenvalue weighted by Gasteiger charge is -2.07. The molecule has 0 spiro atoms. The molecule has 0 fully saturated rings. The molecule has 0 saturated carbocycles. The monoisotopic (exact) mass is 302 g/mol. The van der Waals surface area contributed by atoms with Crippen LogP contribution in [-0.4, -0.2) is 0 Å². The molecule has 0 N–H and O–H groups in total. The SMILES string of the molecule is C#Cc1ccc2cc3cc4cc5ccccc5cc4cc3cc2c1. The van der Waals surface area contributed by atoms with Crippen LogP contribution in [-0.2, 0) is 0 Å². The summed E-state index contributed by atoms with van der Waals surface area (Å²) < 4.78 is 0. The Hall–Kier alpha value is -3.30. The van der Waals surface area contributed by atoms with E-state index in [9.17, 15) is 0 Å². The van der Waals surface area contributed by atoms with Crippen molar-refractivity contribution in [1.82, 2.24) is 0 Å². The smallest absolute Gasteiger partial charge is 0.0248 e. The Balaban J connectivity index is 1.88. The molecule has 5 aromatic carbocycles. The van der Waals surface area contributed by atoms with Crippen molar-refractivity contribution in [2.75, 3.05) is 0 Å². The average Bonchev–Trinajstić information content (AvgIpc) is 2.62. The number of hydrogen-bond acceptors (Lipinski definition) is 0. The molecular formula is C24H14. The minimum Gasteiger partial charge on any atom is -0.115 e. The molecule has 110 valence electrons. The van der Waals surface area contributed by atoms with Crippen molar-refractivity contribution in [3.63, 3.8) is 0 Å². The maximum atomic E-state index is 5.53. The van der Waals surface area contributed by atoms with Gasteiger partial charge in [0.1, 0.15) is 0 Å². The van der Waals surface area contributed by atoms with E-state index in [0.29, 0.717) is 0 Å². The van der Waals surface area contributed by atoms with Crippen LogP contribution in [0.2, 0.25) is 0 Å². The minimum atomic E-state index is 0.925. The highest BCUT2D eigenvalue weighted by Gasteiger charge is 2.03. The molecule has 5 rings (SSSR count). The summed E-state index contributed by atoms with van der Waals surface area (Å²) in [5, 5.41) is 10.0. The van der Waals surface area contributed by atoms with Gasteiger partial charge in [0.05, 0.1) is 0 Å². The van der Waals surface area contributed by atoms with Crippen molar-refractivity contribution in [3.8, 4) is 12.3 Å². The topological polar surface area (TPSA) is 0 Å². The van der Waals surface area contributed by atoms with E-state index in [2.05, 4.69) is 78.7 Å². The van der Waals surface area contributed by atoms with Crippen LogP contribution in [0.15, 0.2) is 78.9 Å². The first-order chi connectivity index (χ1) is 11.8. The van der Waals surface area contributed by atoms with Gasteiger partial charge >= 0.3 is 0 Å². The molecule has 0 aliphatic rings. The van der Waals surface area contributed by atoms with Gasteiger partial charge in [0.15, 0.2) is 0 Å². The zero-order chi connectivity index (χ0) is 16.1. The Kier molecular flexibility index (Phi) is 2.66. The first kappa shape index (κ1) is 13.2. The van der Waals surface area contributed by atoms with Gasteiger partial charge in [-0.2, -0.15) is 0 Å². The lowest BCUT2D eigenvalue weighted by atomic mass is 9.97. The first-order valence-corrected chi connectivity index (χ1v) is 8.07. The van der Waals surface area contributed by atoms with Gasteiger partial charge in [-0.3, -0.25) is 0 Å². The van der Waals surface area contributed by atoms with Gasteiger partial charge < -0.3 is 0 Å². The van der Waals surface area contributed by atoms with Crippen LogP contribution in [0.4, 0.5) is 0 Å². The lowest BCUT2D eigenvalue weighted by Crippen LogP contribution is -1.81. The molecule has 0 aliphatic heterocycles. The number of rotatable bonds is 0. The van der Waals surface area contributed by atoms with E-state index in [4.69, 9.17) is 6.42 Å². The first-order valence-electron chi connectivity index (χ1n) is 8.07. The molecule has 0 bridgehead atoms. The fraction of sp³-hybridized carbons (Fsp3) is 0. The van der Waals surface area contributed by atoms with Crippen LogP contribution in [0, 0.1) is 12.3 Å². The third kappa shape index (κ3) is 1.96. The van der Waals surface area contributed by atoms with Crippen molar-refractivity contribution in [1.29, 1.82) is 0 Å². The van der Waals surface area contributed by atoms with Gasteiger partial charge in [-0.25, -0.2) is 0 Å². The van der Waals surface area contributed by atoms with E-state index in [1.54, 1.807) is 0 Å². The van der Waals surface area contributed by atoms with Crippen LogP contribution >= 0.6 is 0 Å². The third-order valence-electron chi connectivity index (χ3n) is 4.78. The number of hydrogen-bond donors (Lipinski definition) is 0. The van der Waals surface area contributed by atoms with Gasteiger partial charge in [-0.15, -0.1) is 6.42 Å². The predicted molar refractivity (Wildman–Crippen MR) is 104 cm³/mol. The summed E-state index contributed by atoms with van der Waals surface area (Å²) in [4.78, 5) is 0. The Bertz CT molecular complexity index is 1300. The molecular weight excluding hydrogens is 288 g/mol. The molecule has 24 heavy (non-hydrogen) atoms. The van der Waals surface area contributed by atoms with Gasteiger partial charge in [0.25, 0.3) is 0 Å². The predicted octanol–water partition coefficient (Wildman–Crippen LogP) is 6.28.